The van der Waals surface area contributed by atoms with Gasteiger partial charge in [-0.05, 0) is 124 Å². The molecular weight excluding hydrogens is 869 g/mol. The third kappa shape index (κ3) is 10.5. The molecule has 65 heavy (non-hydrogen) atoms. The van der Waals surface area contributed by atoms with Crippen LogP contribution >= 0.6 is 23.2 Å². The number of carbonyl (C=O) groups is 3. The Hall–Kier alpha value is -3.81. The maximum absolute atomic E-state index is 13.6. The van der Waals surface area contributed by atoms with E-state index in [-0.39, 0.29) is 59.7 Å². The Labute approximate surface area is 393 Å². The van der Waals surface area contributed by atoms with Crippen LogP contribution in [0.4, 0.5) is 0 Å². The number of phenols is 1. The van der Waals surface area contributed by atoms with Crippen molar-refractivity contribution in [1.82, 2.24) is 5.32 Å². The zero-order valence-corrected chi connectivity index (χ0v) is 39.5. The number of nitrogens with one attached hydrogen (secondary N) is 1. The van der Waals surface area contributed by atoms with Gasteiger partial charge in [0.25, 0.3) is 0 Å². The number of esters is 1. The summed E-state index contributed by atoms with van der Waals surface area (Å²) in [6.07, 6.45) is 14.7. The van der Waals surface area contributed by atoms with Crippen molar-refractivity contribution in [2.75, 3.05) is 32.2 Å². The van der Waals surface area contributed by atoms with Crippen molar-refractivity contribution in [3.63, 3.8) is 0 Å². The van der Waals surface area contributed by atoms with E-state index in [0.717, 1.165) is 63.9 Å². The smallest absolute Gasteiger partial charge is 0.375 e. The highest BCUT2D eigenvalue weighted by atomic mass is 35.5. The maximum Gasteiger partial charge on any atom is 0.375 e. The molecule has 13 heteroatoms. The van der Waals surface area contributed by atoms with Crippen LogP contribution in [0.1, 0.15) is 118 Å². The predicted octanol–water partition coefficient (Wildman–Crippen LogP) is 8.98. The number of aryl methyl sites for hydroxylation is 1. The number of Topliss-reactive ketones (excluding diaryl/α,β-unsaturated/α-hetero) is 1. The van der Waals surface area contributed by atoms with Crippen molar-refractivity contribution in [1.29, 1.82) is 0 Å². The number of aliphatic hydroxyl groups is 3. The lowest BCUT2D eigenvalue weighted by molar-refractivity contribution is -0.177. The Morgan fingerprint density at radius 3 is 2.43 bits per heavy atom. The van der Waals surface area contributed by atoms with Gasteiger partial charge in [0.1, 0.15) is 5.75 Å². The van der Waals surface area contributed by atoms with Gasteiger partial charge in [0.15, 0.2) is 17.2 Å². The molecule has 0 radical (unpaired) electrons. The zero-order chi connectivity index (χ0) is 46.8. The lowest BCUT2D eigenvalue weighted by Crippen LogP contribution is -2.69. The molecular formula is C52H67Cl2NO10. The Kier molecular flexibility index (Phi) is 17.4. The van der Waals surface area contributed by atoms with Gasteiger partial charge in [0.2, 0.25) is 5.76 Å². The summed E-state index contributed by atoms with van der Waals surface area (Å²) in [6.45, 7) is 8.59. The highest BCUT2D eigenvalue weighted by molar-refractivity contribution is 6.29. The van der Waals surface area contributed by atoms with Crippen molar-refractivity contribution in [2.45, 2.75) is 121 Å². The predicted molar refractivity (Wildman–Crippen MR) is 251 cm³/mol. The molecule has 7 rings (SSSR count). The van der Waals surface area contributed by atoms with E-state index in [1.54, 1.807) is 24.3 Å². The minimum atomic E-state index is -1.53. The molecule has 5 N–H and O–H groups in total. The SMILES string of the molecule is C[C@@H]1C[C@H]2[C@@H]3CCC4=CC(=O)C=C[C@]4(C)[C@@]3(Cl)[C@@H](O)C[C@]2(C)[C@@]1(OC(=O)c1ccco1)C(=O)CCl.OCc1cc(C(O)CNCCCCCCOCCCCc2ccccc2)ccc1O. The summed E-state index contributed by atoms with van der Waals surface area (Å²) < 4.78 is 17.1. The second-order valence-corrected chi connectivity index (χ2v) is 19.7. The van der Waals surface area contributed by atoms with E-state index in [0.29, 0.717) is 36.9 Å². The minimum Gasteiger partial charge on any atom is -0.508 e. The number of halogens is 2. The number of allylic oxidation sites excluding steroid dienone is 4. The van der Waals surface area contributed by atoms with E-state index in [1.165, 1.54) is 36.5 Å². The number of benzene rings is 2. The van der Waals surface area contributed by atoms with E-state index >= 15 is 0 Å². The monoisotopic (exact) mass is 935 g/mol. The van der Waals surface area contributed by atoms with Gasteiger partial charge in [0.05, 0.1) is 35.8 Å². The molecule has 3 saturated carbocycles. The number of hydrogen-bond donors (Lipinski definition) is 5. The number of rotatable bonds is 20. The summed E-state index contributed by atoms with van der Waals surface area (Å²) >= 11 is 13.6. The first kappa shape index (κ1) is 50.6. The van der Waals surface area contributed by atoms with Crippen molar-refractivity contribution < 1.29 is 48.7 Å². The van der Waals surface area contributed by atoms with E-state index in [2.05, 4.69) is 35.6 Å². The van der Waals surface area contributed by atoms with Crippen LogP contribution in [0.2, 0.25) is 0 Å². The first-order valence-electron chi connectivity index (χ1n) is 23.3. The molecule has 4 aliphatic carbocycles. The molecule has 0 bridgehead atoms. The first-order valence-corrected chi connectivity index (χ1v) is 24.2. The van der Waals surface area contributed by atoms with Gasteiger partial charge in [-0.15, -0.1) is 23.2 Å². The molecule has 0 saturated heterocycles. The average molecular weight is 937 g/mol. The molecule has 1 unspecified atom stereocenters. The Bertz CT molecular complexity index is 2130. The highest BCUT2D eigenvalue weighted by Crippen LogP contribution is 2.72. The van der Waals surface area contributed by atoms with Gasteiger partial charge in [0, 0.05) is 42.1 Å². The topological polar surface area (TPSA) is 176 Å². The second kappa shape index (κ2) is 22.3. The van der Waals surface area contributed by atoms with Gasteiger partial charge in [-0.3, -0.25) is 9.59 Å². The molecule has 2 aromatic carbocycles. The van der Waals surface area contributed by atoms with Crippen LogP contribution in [0.5, 0.6) is 5.75 Å². The summed E-state index contributed by atoms with van der Waals surface area (Å²) in [7, 11) is 0. The third-order valence-corrected chi connectivity index (χ3v) is 16.1. The molecule has 3 aromatic rings. The van der Waals surface area contributed by atoms with Crippen LogP contribution in [-0.4, -0.2) is 86.7 Å². The zero-order valence-electron chi connectivity index (χ0n) is 38.0. The lowest BCUT2D eigenvalue weighted by atomic mass is 9.45. The van der Waals surface area contributed by atoms with E-state index < -0.39 is 39.5 Å². The number of aliphatic hydroxyl groups excluding tert-OH is 3. The van der Waals surface area contributed by atoms with Gasteiger partial charge in [-0.2, -0.15) is 0 Å². The van der Waals surface area contributed by atoms with Crippen molar-refractivity contribution in [3.05, 3.63) is 113 Å². The van der Waals surface area contributed by atoms with Crippen molar-refractivity contribution >= 4 is 40.7 Å². The molecule has 11 nitrogen and oxygen atoms in total. The Morgan fingerprint density at radius 1 is 0.985 bits per heavy atom. The summed E-state index contributed by atoms with van der Waals surface area (Å²) in [5.41, 5.74) is 0.332. The number of ketones is 2. The number of carbonyl (C=O) groups excluding carboxylic acids is 3. The molecule has 1 aromatic heterocycles. The van der Waals surface area contributed by atoms with Crippen LogP contribution in [0, 0.1) is 28.6 Å². The normalized spacial score (nSPS) is 29.4. The van der Waals surface area contributed by atoms with Crippen LogP contribution in [0.15, 0.2) is 95.1 Å². The number of unbranched alkanes of at least 4 members (excludes halogenated alkanes) is 4. The van der Waals surface area contributed by atoms with Crippen LogP contribution in [0.25, 0.3) is 0 Å². The standard InChI is InChI=1S/C27H30Cl2O6.C25H37NO4/c1-15-11-19-18-7-6-16-12-17(30)8-9-24(16,2)26(18,29)21(31)13-25(19,3)27(15,22(32)14-28)35-23(33)20-5-4-10-34-20;27-20-23-18-22(13-14-24(23)28)25(29)19-26-15-7-1-2-8-16-30-17-9-6-12-21-10-4-3-5-11-21/h4-5,8-10,12,15,18-19,21,31H,6-7,11,13-14H2,1-3H3;3-5,10-11,13-14,18,25-29H,1-2,6-9,12,15-17,19-20H2/t15-,18+,19+,21+,24+,25+,26+,27+;/m1./s1. The molecule has 4 aliphatic rings. The number of fused-ring (bicyclic) bond motifs is 5. The van der Waals surface area contributed by atoms with Crippen LogP contribution in [-0.2, 0) is 32.1 Å². The molecule has 354 valence electrons. The molecule has 3 fully saturated rings. The van der Waals surface area contributed by atoms with Gasteiger partial charge < -0.3 is 39.6 Å². The summed E-state index contributed by atoms with van der Waals surface area (Å²) in [5, 5.41) is 44.0. The fourth-order valence-electron chi connectivity index (χ4n) is 11.5. The van der Waals surface area contributed by atoms with E-state index in [9.17, 15) is 34.8 Å². The molecule has 0 amide bonds. The van der Waals surface area contributed by atoms with E-state index in [1.807, 2.05) is 26.8 Å². The fourth-order valence-corrected chi connectivity index (χ4v) is 12.2. The quantitative estimate of drug-likeness (QED) is 0.0416. The van der Waals surface area contributed by atoms with Crippen molar-refractivity contribution in [3.8, 4) is 5.75 Å². The maximum atomic E-state index is 13.6. The average Bonchev–Trinajstić information content (AvgIpc) is 3.92. The lowest BCUT2D eigenvalue weighted by Gasteiger charge is -2.64. The summed E-state index contributed by atoms with van der Waals surface area (Å²) in [4.78, 5) is 37.7. The van der Waals surface area contributed by atoms with Crippen LogP contribution < -0.4 is 5.32 Å². The number of ether oxygens (including phenoxy) is 2. The Morgan fingerprint density at radius 2 is 1.72 bits per heavy atom. The third-order valence-electron chi connectivity index (χ3n) is 14.9. The van der Waals surface area contributed by atoms with Crippen molar-refractivity contribution in [2.24, 2.45) is 28.6 Å². The summed E-state index contributed by atoms with van der Waals surface area (Å²) in [5.74, 6) is -2.07. The number of aromatic hydroxyl groups is 1. The minimum absolute atomic E-state index is 0.00557. The number of hydrogen-bond acceptors (Lipinski definition) is 11. The highest BCUT2D eigenvalue weighted by Gasteiger charge is 2.76. The van der Waals surface area contributed by atoms with Gasteiger partial charge in [-0.1, -0.05) is 81.7 Å². The molecule has 0 spiro atoms. The van der Waals surface area contributed by atoms with Crippen LogP contribution in [0.3, 0.4) is 0 Å². The van der Waals surface area contributed by atoms with E-state index in [4.69, 9.17) is 37.1 Å². The fraction of sp³-hybridized carbons (Fsp3) is 0.558. The van der Waals surface area contributed by atoms with Gasteiger partial charge >= 0.3 is 5.97 Å². The molecule has 9 atom stereocenters. The Balaban J connectivity index is 0.000000219. The molecule has 1 heterocycles. The number of alkyl halides is 2. The summed E-state index contributed by atoms with van der Waals surface area (Å²) in [6, 6.07) is 18.5. The second-order valence-electron chi connectivity index (χ2n) is 18.8. The first-order chi connectivity index (χ1) is 31.2. The van der Waals surface area contributed by atoms with Gasteiger partial charge in [-0.25, -0.2) is 4.79 Å². The largest absolute Gasteiger partial charge is 0.508 e. The molecule has 0 aliphatic heterocycles. The number of furan rings is 1.